The molecule has 10 heteroatoms. The molecule has 0 aliphatic rings. The molecule has 1 N–H and O–H groups in total. The predicted octanol–water partition coefficient (Wildman–Crippen LogP) is 5.14. The van der Waals surface area contributed by atoms with Gasteiger partial charge in [-0.05, 0) is 73.9 Å². The van der Waals surface area contributed by atoms with Gasteiger partial charge in [-0.2, -0.15) is 0 Å². The fraction of sp³-hybridized carbons (Fsp3) is 0.355. The van der Waals surface area contributed by atoms with Crippen molar-refractivity contribution in [1.82, 2.24) is 10.2 Å². The third-order valence-electron chi connectivity index (χ3n) is 6.53. The quantitative estimate of drug-likeness (QED) is 0.250. The van der Waals surface area contributed by atoms with E-state index in [1.54, 1.807) is 24.3 Å². The van der Waals surface area contributed by atoms with E-state index < -0.39 is 34.3 Å². The Morgan fingerprint density at radius 1 is 0.927 bits per heavy atom. The molecule has 0 spiro atoms. The number of rotatable bonds is 15. The highest BCUT2D eigenvalue weighted by Crippen LogP contribution is 2.27. The lowest BCUT2D eigenvalue weighted by Crippen LogP contribution is -2.52. The van der Waals surface area contributed by atoms with E-state index in [0.29, 0.717) is 25.3 Å². The lowest BCUT2D eigenvalue weighted by molar-refractivity contribution is -0.140. The van der Waals surface area contributed by atoms with Gasteiger partial charge in [0.2, 0.25) is 11.8 Å². The summed E-state index contributed by atoms with van der Waals surface area (Å²) < 4.78 is 47.8. The predicted molar refractivity (Wildman–Crippen MR) is 158 cm³/mol. The number of benzene rings is 3. The number of sulfonamides is 1. The highest BCUT2D eigenvalue weighted by atomic mass is 32.2. The van der Waals surface area contributed by atoms with Gasteiger partial charge in [0.15, 0.2) is 0 Å². The number of hydrogen-bond acceptors (Lipinski definition) is 5. The summed E-state index contributed by atoms with van der Waals surface area (Å²) >= 11 is 0. The van der Waals surface area contributed by atoms with Crippen molar-refractivity contribution < 1.29 is 27.1 Å². The van der Waals surface area contributed by atoms with Crippen molar-refractivity contribution >= 4 is 27.5 Å². The molecule has 0 aliphatic carbocycles. The van der Waals surface area contributed by atoms with Gasteiger partial charge in [0.1, 0.15) is 24.2 Å². The Morgan fingerprint density at radius 3 is 2.17 bits per heavy atom. The highest BCUT2D eigenvalue weighted by Gasteiger charge is 2.33. The molecular weight excluding hydrogens is 545 g/mol. The van der Waals surface area contributed by atoms with Gasteiger partial charge in [-0.3, -0.25) is 13.9 Å². The molecule has 0 saturated carbocycles. The largest absolute Gasteiger partial charge is 0.494 e. The number of carbonyl (C=O) groups is 2. The zero-order chi connectivity index (χ0) is 29.8. The van der Waals surface area contributed by atoms with E-state index in [0.717, 1.165) is 47.0 Å². The van der Waals surface area contributed by atoms with Crippen molar-refractivity contribution in [2.45, 2.75) is 57.5 Å². The summed E-state index contributed by atoms with van der Waals surface area (Å²) in [4.78, 5) is 28.5. The second-order valence-electron chi connectivity index (χ2n) is 9.47. The first-order chi connectivity index (χ1) is 19.7. The van der Waals surface area contributed by atoms with Crippen LogP contribution in [0.1, 0.15) is 45.6 Å². The summed E-state index contributed by atoms with van der Waals surface area (Å²) in [6.07, 6.45) is 2.04. The highest BCUT2D eigenvalue weighted by molar-refractivity contribution is 7.92. The maximum atomic E-state index is 14.0. The lowest BCUT2D eigenvalue weighted by atomic mass is 10.1. The maximum absolute atomic E-state index is 14.0. The van der Waals surface area contributed by atoms with Crippen LogP contribution in [0.4, 0.5) is 10.1 Å². The van der Waals surface area contributed by atoms with Gasteiger partial charge in [-0.15, -0.1) is 0 Å². The Balaban J connectivity index is 2.02. The average molecular weight is 584 g/mol. The molecule has 0 heterocycles. The second-order valence-corrected chi connectivity index (χ2v) is 11.3. The summed E-state index contributed by atoms with van der Waals surface area (Å²) in [6, 6.07) is 19.2. The molecule has 0 bridgehead atoms. The minimum absolute atomic E-state index is 0.118. The normalized spacial score (nSPS) is 11.9. The first-order valence-electron chi connectivity index (χ1n) is 13.8. The van der Waals surface area contributed by atoms with E-state index in [1.165, 1.54) is 4.90 Å². The Morgan fingerprint density at radius 2 is 1.59 bits per heavy atom. The number of anilines is 1. The van der Waals surface area contributed by atoms with E-state index in [2.05, 4.69) is 5.32 Å². The fourth-order valence-electron chi connectivity index (χ4n) is 4.34. The minimum Gasteiger partial charge on any atom is -0.494 e. The van der Waals surface area contributed by atoms with Crippen LogP contribution in [0.25, 0.3) is 0 Å². The number of nitrogens with zero attached hydrogens (tertiary/aromatic N) is 2. The second kappa shape index (κ2) is 15.2. The number of unbranched alkanes of at least 4 members (excludes halogenated alkanes) is 1. The molecule has 0 saturated heterocycles. The molecule has 3 aromatic rings. The van der Waals surface area contributed by atoms with Gasteiger partial charge in [-0.25, -0.2) is 12.8 Å². The fourth-order valence-corrected chi connectivity index (χ4v) is 5.76. The molecule has 8 nitrogen and oxygen atoms in total. The summed E-state index contributed by atoms with van der Waals surface area (Å²) in [5, 5.41) is 2.91. The maximum Gasteiger partial charge on any atom is 0.264 e. The minimum atomic E-state index is -4.29. The van der Waals surface area contributed by atoms with Gasteiger partial charge in [-0.1, -0.05) is 50.6 Å². The number of carbonyl (C=O) groups excluding carboxylic acids is 2. The van der Waals surface area contributed by atoms with Crippen LogP contribution >= 0.6 is 0 Å². The molecule has 0 aromatic heterocycles. The summed E-state index contributed by atoms with van der Waals surface area (Å²) in [6.45, 7) is 6.13. The van der Waals surface area contributed by atoms with Crippen LogP contribution in [0.5, 0.6) is 5.75 Å². The van der Waals surface area contributed by atoms with E-state index >= 15 is 0 Å². The van der Waals surface area contributed by atoms with Crippen molar-refractivity contribution in [2.24, 2.45) is 0 Å². The molecular formula is C31H38FN3O5S. The monoisotopic (exact) mass is 583 g/mol. The van der Waals surface area contributed by atoms with Crippen molar-refractivity contribution in [3.05, 3.63) is 90.2 Å². The van der Waals surface area contributed by atoms with E-state index in [9.17, 15) is 22.4 Å². The molecule has 0 radical (unpaired) electrons. The van der Waals surface area contributed by atoms with Gasteiger partial charge in [0, 0.05) is 13.1 Å². The molecule has 0 fully saturated rings. The molecule has 0 aliphatic heterocycles. The Kier molecular flexibility index (Phi) is 11.7. The zero-order valence-electron chi connectivity index (χ0n) is 23.8. The molecule has 2 amide bonds. The van der Waals surface area contributed by atoms with Crippen LogP contribution in [-0.2, 0) is 26.2 Å². The third kappa shape index (κ3) is 8.53. The SMILES string of the molecule is CCCCNC(=O)C(CC)N(Cc1ccccc1)C(=O)CN(c1ccc(OCC)cc1)S(=O)(=O)c1ccc(F)cc1. The lowest BCUT2D eigenvalue weighted by Gasteiger charge is -2.33. The average Bonchev–Trinajstić information content (AvgIpc) is 2.97. The molecule has 41 heavy (non-hydrogen) atoms. The molecule has 1 unspecified atom stereocenters. The Labute approximate surface area is 242 Å². The first-order valence-corrected chi connectivity index (χ1v) is 15.3. The van der Waals surface area contributed by atoms with Crippen molar-refractivity contribution in [3.63, 3.8) is 0 Å². The Hall–Kier alpha value is -3.92. The van der Waals surface area contributed by atoms with E-state index in [4.69, 9.17) is 4.74 Å². The summed E-state index contributed by atoms with van der Waals surface area (Å²) in [7, 11) is -4.29. The number of nitrogens with one attached hydrogen (secondary N) is 1. The molecule has 220 valence electrons. The number of amides is 2. The van der Waals surface area contributed by atoms with Crippen molar-refractivity contribution in [1.29, 1.82) is 0 Å². The van der Waals surface area contributed by atoms with Gasteiger partial charge >= 0.3 is 0 Å². The van der Waals surface area contributed by atoms with Crippen molar-refractivity contribution in [3.8, 4) is 5.75 Å². The van der Waals surface area contributed by atoms with E-state index in [1.807, 2.05) is 51.1 Å². The summed E-state index contributed by atoms with van der Waals surface area (Å²) in [5.74, 6) is -0.881. The zero-order valence-corrected chi connectivity index (χ0v) is 24.6. The van der Waals surface area contributed by atoms with Gasteiger partial charge in [0.05, 0.1) is 17.2 Å². The van der Waals surface area contributed by atoms with Crippen molar-refractivity contribution in [2.75, 3.05) is 24.0 Å². The first kappa shape index (κ1) is 31.6. The van der Waals surface area contributed by atoms with Crippen LogP contribution in [0, 0.1) is 5.82 Å². The topological polar surface area (TPSA) is 96.0 Å². The van der Waals surface area contributed by atoms with Crippen LogP contribution in [0.2, 0.25) is 0 Å². The molecule has 1 atom stereocenters. The van der Waals surface area contributed by atoms with Gasteiger partial charge < -0.3 is 15.0 Å². The van der Waals surface area contributed by atoms with Gasteiger partial charge in [0.25, 0.3) is 10.0 Å². The van der Waals surface area contributed by atoms with Crippen LogP contribution in [-0.4, -0.2) is 50.9 Å². The third-order valence-corrected chi connectivity index (χ3v) is 8.32. The van der Waals surface area contributed by atoms with E-state index in [-0.39, 0.29) is 23.0 Å². The molecule has 3 rings (SSSR count). The summed E-state index contributed by atoms with van der Waals surface area (Å²) in [5.41, 5.74) is 1.03. The smallest absolute Gasteiger partial charge is 0.264 e. The molecule has 3 aromatic carbocycles. The standard InChI is InChI=1S/C31H38FN3O5S/c1-4-7-21-33-31(37)29(5-2)34(22-24-11-9-8-10-12-24)30(36)23-35(26-15-17-27(18-16-26)40-6-3)41(38,39)28-19-13-25(32)14-20-28/h8-20,29H,4-7,21-23H2,1-3H3,(H,33,37). The number of halogens is 1. The Bertz CT molecular complexity index is 1370. The van der Waals surface area contributed by atoms with Crippen LogP contribution < -0.4 is 14.4 Å². The number of hydrogen-bond donors (Lipinski definition) is 1. The van der Waals surface area contributed by atoms with Crippen LogP contribution in [0.3, 0.4) is 0 Å². The number of ether oxygens (including phenoxy) is 1. The van der Waals surface area contributed by atoms with Crippen LogP contribution in [0.15, 0.2) is 83.8 Å².